The number of aromatic hydroxyl groups is 1. The summed E-state index contributed by atoms with van der Waals surface area (Å²) in [5.74, 6) is 5.03. The van der Waals surface area contributed by atoms with Gasteiger partial charge in [0.05, 0.1) is 13.7 Å². The van der Waals surface area contributed by atoms with Crippen molar-refractivity contribution in [1.82, 2.24) is 0 Å². The molecule has 4 aliphatic rings. The van der Waals surface area contributed by atoms with Crippen LogP contribution >= 0.6 is 0 Å². The minimum absolute atomic E-state index is 0.221. The van der Waals surface area contributed by atoms with Gasteiger partial charge in [-0.2, -0.15) is 0 Å². The van der Waals surface area contributed by atoms with Gasteiger partial charge >= 0.3 is 0 Å². The van der Waals surface area contributed by atoms with Crippen molar-refractivity contribution >= 4 is 5.76 Å². The van der Waals surface area contributed by atoms with Crippen LogP contribution in [0.4, 0.5) is 0 Å². The largest absolute Gasteiger partial charge is 0.508 e. The van der Waals surface area contributed by atoms with Gasteiger partial charge in [-0.3, -0.25) is 0 Å². The summed E-state index contributed by atoms with van der Waals surface area (Å²) in [6.45, 7) is 1.16. The molecule has 25 heavy (non-hydrogen) atoms. The molecule has 0 atom stereocenters. The number of nitrogens with two attached hydrogens (primary N) is 1. The SMILES string of the molecule is COC(=C1C2CC3CC(C2)CC1C3)c1cc(O)cc(OCCCN)c1. The first-order valence-corrected chi connectivity index (χ1v) is 9.63. The molecule has 0 heterocycles. The first kappa shape index (κ1) is 16.8. The molecule has 0 unspecified atom stereocenters. The summed E-state index contributed by atoms with van der Waals surface area (Å²) in [5, 5.41) is 10.2. The van der Waals surface area contributed by atoms with Crippen molar-refractivity contribution in [2.24, 2.45) is 29.4 Å². The number of methoxy groups -OCH3 is 1. The van der Waals surface area contributed by atoms with Crippen LogP contribution in [0.25, 0.3) is 5.76 Å². The van der Waals surface area contributed by atoms with Crippen LogP contribution in [-0.4, -0.2) is 25.4 Å². The summed E-state index contributed by atoms with van der Waals surface area (Å²) in [4.78, 5) is 0. The monoisotopic (exact) mass is 343 g/mol. The summed E-state index contributed by atoms with van der Waals surface area (Å²) in [5.41, 5.74) is 7.96. The fourth-order valence-electron chi connectivity index (χ4n) is 5.54. The Morgan fingerprint density at radius 1 is 1.08 bits per heavy atom. The number of phenolic OH excluding ortho intramolecular Hbond substituents is 1. The first-order valence-electron chi connectivity index (χ1n) is 9.63. The fraction of sp³-hybridized carbons (Fsp3) is 0.619. The van der Waals surface area contributed by atoms with Crippen LogP contribution in [0.1, 0.15) is 44.1 Å². The average molecular weight is 343 g/mol. The van der Waals surface area contributed by atoms with Crippen LogP contribution in [-0.2, 0) is 4.74 Å². The van der Waals surface area contributed by atoms with E-state index in [1.54, 1.807) is 19.2 Å². The number of allylic oxidation sites excluding steroid dienone is 1. The Labute approximate surface area is 150 Å². The van der Waals surface area contributed by atoms with E-state index in [1.807, 2.05) is 6.07 Å². The molecule has 4 fully saturated rings. The van der Waals surface area contributed by atoms with Gasteiger partial charge in [-0.15, -0.1) is 0 Å². The second-order valence-electron chi connectivity index (χ2n) is 8.00. The van der Waals surface area contributed by atoms with Gasteiger partial charge in [0.25, 0.3) is 0 Å². The van der Waals surface area contributed by atoms with E-state index in [2.05, 4.69) is 0 Å². The predicted octanol–water partition coefficient (Wildman–Crippen LogP) is 3.93. The van der Waals surface area contributed by atoms with Crippen molar-refractivity contribution in [3.63, 3.8) is 0 Å². The number of phenols is 1. The number of rotatable bonds is 6. The first-order chi connectivity index (χ1) is 12.2. The summed E-state index contributed by atoms with van der Waals surface area (Å²) < 4.78 is 11.6. The van der Waals surface area contributed by atoms with E-state index in [0.717, 1.165) is 29.6 Å². The lowest BCUT2D eigenvalue weighted by molar-refractivity contribution is 0.0675. The Kier molecular flexibility index (Phi) is 4.63. The zero-order chi connectivity index (χ0) is 17.4. The summed E-state index contributed by atoms with van der Waals surface area (Å²) >= 11 is 0. The predicted molar refractivity (Wildman–Crippen MR) is 98.2 cm³/mol. The maximum absolute atomic E-state index is 10.2. The smallest absolute Gasteiger partial charge is 0.126 e. The summed E-state index contributed by atoms with van der Waals surface area (Å²) in [7, 11) is 1.76. The second kappa shape index (κ2) is 6.91. The molecule has 4 aliphatic carbocycles. The Morgan fingerprint density at radius 2 is 1.76 bits per heavy atom. The number of ether oxygens (including phenoxy) is 2. The quantitative estimate of drug-likeness (QED) is 0.607. The highest BCUT2D eigenvalue weighted by Gasteiger charge is 2.46. The Bertz CT molecular complexity index is 637. The molecule has 0 radical (unpaired) electrons. The van der Waals surface area contributed by atoms with Gasteiger partial charge in [0, 0.05) is 11.6 Å². The fourth-order valence-corrected chi connectivity index (χ4v) is 5.54. The topological polar surface area (TPSA) is 64.7 Å². The number of hydrogen-bond acceptors (Lipinski definition) is 4. The normalized spacial score (nSPS) is 29.8. The van der Waals surface area contributed by atoms with E-state index in [9.17, 15) is 5.11 Å². The average Bonchev–Trinajstić information content (AvgIpc) is 2.57. The van der Waals surface area contributed by atoms with Crippen LogP contribution < -0.4 is 10.5 Å². The van der Waals surface area contributed by atoms with Gasteiger partial charge in [-0.25, -0.2) is 0 Å². The lowest BCUT2D eigenvalue weighted by Crippen LogP contribution is -2.40. The van der Waals surface area contributed by atoms with Crippen molar-refractivity contribution < 1.29 is 14.6 Å². The minimum atomic E-state index is 0.221. The van der Waals surface area contributed by atoms with Crippen LogP contribution in [0.15, 0.2) is 23.8 Å². The molecule has 0 amide bonds. The lowest BCUT2D eigenvalue weighted by atomic mass is 9.54. The molecular weight excluding hydrogens is 314 g/mol. The molecule has 0 aliphatic heterocycles. The Hall–Kier alpha value is -1.68. The van der Waals surface area contributed by atoms with Crippen molar-refractivity contribution in [1.29, 1.82) is 0 Å². The van der Waals surface area contributed by atoms with Crippen LogP contribution in [0.2, 0.25) is 0 Å². The van der Waals surface area contributed by atoms with E-state index in [-0.39, 0.29) is 5.75 Å². The Balaban J connectivity index is 1.67. The van der Waals surface area contributed by atoms with E-state index < -0.39 is 0 Å². The molecular formula is C21H29NO3. The van der Waals surface area contributed by atoms with Gasteiger partial charge in [0.2, 0.25) is 0 Å². The van der Waals surface area contributed by atoms with Crippen molar-refractivity contribution in [2.45, 2.75) is 38.5 Å². The molecule has 0 aromatic heterocycles. The summed E-state index contributed by atoms with van der Waals surface area (Å²) in [6, 6.07) is 5.45. The molecule has 0 saturated heterocycles. The highest BCUT2D eigenvalue weighted by molar-refractivity contribution is 5.67. The number of benzene rings is 1. The third-order valence-corrected chi connectivity index (χ3v) is 6.25. The minimum Gasteiger partial charge on any atom is -0.508 e. The standard InChI is InChI=1S/C21H29NO3/c1-24-21(17-10-18(23)12-19(11-17)25-4-2-3-22)20-15-6-13-5-14(8-15)9-16(20)7-13/h10-16,23H,2-9,22H2,1H3. The highest BCUT2D eigenvalue weighted by Crippen LogP contribution is 2.58. The zero-order valence-electron chi connectivity index (χ0n) is 15.0. The summed E-state index contributed by atoms with van der Waals surface area (Å²) in [6.07, 6.45) is 7.49. The molecule has 1 aromatic rings. The molecule has 1 aromatic carbocycles. The van der Waals surface area contributed by atoms with Gasteiger partial charge < -0.3 is 20.3 Å². The molecule has 136 valence electrons. The van der Waals surface area contributed by atoms with E-state index in [0.29, 0.717) is 30.7 Å². The molecule has 4 heteroatoms. The van der Waals surface area contributed by atoms with Crippen molar-refractivity contribution in [3.05, 3.63) is 29.3 Å². The maximum atomic E-state index is 10.2. The van der Waals surface area contributed by atoms with E-state index in [1.165, 1.54) is 37.7 Å². The Morgan fingerprint density at radius 3 is 2.36 bits per heavy atom. The molecule has 4 bridgehead atoms. The molecule has 5 rings (SSSR count). The van der Waals surface area contributed by atoms with E-state index >= 15 is 0 Å². The molecule has 4 nitrogen and oxygen atoms in total. The second-order valence-corrected chi connectivity index (χ2v) is 8.00. The number of hydrogen-bond donors (Lipinski definition) is 2. The highest BCUT2D eigenvalue weighted by atomic mass is 16.5. The van der Waals surface area contributed by atoms with Crippen molar-refractivity contribution in [3.8, 4) is 11.5 Å². The van der Waals surface area contributed by atoms with Crippen molar-refractivity contribution in [2.75, 3.05) is 20.3 Å². The molecule has 0 spiro atoms. The van der Waals surface area contributed by atoms with Gasteiger partial charge in [-0.05, 0) is 86.4 Å². The van der Waals surface area contributed by atoms with Gasteiger partial charge in [-0.1, -0.05) is 0 Å². The third-order valence-electron chi connectivity index (χ3n) is 6.25. The van der Waals surface area contributed by atoms with Crippen LogP contribution in [0, 0.1) is 23.7 Å². The van der Waals surface area contributed by atoms with E-state index in [4.69, 9.17) is 15.2 Å². The molecule has 4 saturated carbocycles. The van der Waals surface area contributed by atoms with Crippen LogP contribution in [0.5, 0.6) is 11.5 Å². The maximum Gasteiger partial charge on any atom is 0.126 e. The third kappa shape index (κ3) is 3.24. The van der Waals surface area contributed by atoms with Crippen LogP contribution in [0.3, 0.4) is 0 Å². The lowest BCUT2D eigenvalue weighted by Gasteiger charge is -2.51. The molecule has 3 N–H and O–H groups in total. The van der Waals surface area contributed by atoms with Gasteiger partial charge in [0.15, 0.2) is 0 Å². The zero-order valence-corrected chi connectivity index (χ0v) is 15.0. The van der Waals surface area contributed by atoms with Gasteiger partial charge in [0.1, 0.15) is 17.3 Å².